The second-order valence-corrected chi connectivity index (χ2v) is 5.83. The molecule has 100 valence electrons. The molecule has 2 rings (SSSR count). The average molecular weight is 281 g/mol. The average Bonchev–Trinajstić information content (AvgIpc) is 2.41. The molecule has 0 atom stereocenters. The highest BCUT2D eigenvalue weighted by Crippen LogP contribution is 2.33. The van der Waals surface area contributed by atoms with Gasteiger partial charge in [0.15, 0.2) is 5.78 Å². The van der Waals surface area contributed by atoms with Gasteiger partial charge in [-0.15, -0.1) is 0 Å². The molecule has 3 heteroatoms. The van der Waals surface area contributed by atoms with E-state index in [4.69, 9.17) is 5.26 Å². The summed E-state index contributed by atoms with van der Waals surface area (Å²) in [6.45, 7) is 5.66. The molecule has 0 aliphatic heterocycles. The second-order valence-electron chi connectivity index (χ2n) is 4.75. The van der Waals surface area contributed by atoms with E-state index in [-0.39, 0.29) is 5.78 Å². The first-order chi connectivity index (χ1) is 9.51. The summed E-state index contributed by atoms with van der Waals surface area (Å²) in [5.74, 6) is 0.0155. The quantitative estimate of drug-likeness (QED) is 0.776. The molecule has 2 aromatic carbocycles. The first kappa shape index (κ1) is 14.4. The largest absolute Gasteiger partial charge is 0.294 e. The summed E-state index contributed by atoms with van der Waals surface area (Å²) in [5, 5.41) is 9.00. The van der Waals surface area contributed by atoms with Crippen molar-refractivity contribution in [3.05, 3.63) is 58.7 Å². The van der Waals surface area contributed by atoms with E-state index in [0.29, 0.717) is 11.1 Å². The normalized spacial score (nSPS) is 10.1. The van der Waals surface area contributed by atoms with Crippen LogP contribution < -0.4 is 0 Å². The van der Waals surface area contributed by atoms with Gasteiger partial charge >= 0.3 is 0 Å². The van der Waals surface area contributed by atoms with Crippen molar-refractivity contribution in [2.75, 3.05) is 0 Å². The Morgan fingerprint density at radius 3 is 2.45 bits per heavy atom. The smallest absolute Gasteiger partial charge is 0.160 e. The summed E-state index contributed by atoms with van der Waals surface area (Å²) in [7, 11) is 0. The zero-order valence-electron chi connectivity index (χ0n) is 11.7. The van der Waals surface area contributed by atoms with Crippen LogP contribution in [0.25, 0.3) is 0 Å². The minimum Gasteiger partial charge on any atom is -0.294 e. The number of carbonyl (C=O) groups is 1. The van der Waals surface area contributed by atoms with Crippen LogP contribution in [0.2, 0.25) is 0 Å². The zero-order valence-corrected chi connectivity index (χ0v) is 12.5. The number of nitriles is 1. The predicted molar refractivity (Wildman–Crippen MR) is 81.2 cm³/mol. The summed E-state index contributed by atoms with van der Waals surface area (Å²) in [6, 6.07) is 13.5. The Morgan fingerprint density at radius 2 is 1.85 bits per heavy atom. The number of ketones is 1. The summed E-state index contributed by atoms with van der Waals surface area (Å²) < 4.78 is 0. The van der Waals surface area contributed by atoms with Gasteiger partial charge in [0.05, 0.1) is 11.6 Å². The fraction of sp³-hybridized carbons (Fsp3) is 0.176. The van der Waals surface area contributed by atoms with E-state index >= 15 is 0 Å². The Kier molecular flexibility index (Phi) is 4.26. The van der Waals surface area contributed by atoms with E-state index in [2.05, 4.69) is 38.1 Å². The van der Waals surface area contributed by atoms with Crippen molar-refractivity contribution in [3.63, 3.8) is 0 Å². The van der Waals surface area contributed by atoms with Gasteiger partial charge in [-0.1, -0.05) is 29.5 Å². The molecule has 0 bridgehead atoms. The number of carbonyl (C=O) groups excluding carboxylic acids is 1. The molecule has 0 N–H and O–H groups in total. The molecular weight excluding hydrogens is 266 g/mol. The Bertz CT molecular complexity index is 713. The molecule has 0 amide bonds. The first-order valence-corrected chi connectivity index (χ1v) is 7.13. The first-order valence-electron chi connectivity index (χ1n) is 6.31. The van der Waals surface area contributed by atoms with Crippen molar-refractivity contribution >= 4 is 17.5 Å². The number of aryl methyl sites for hydroxylation is 2. The number of benzene rings is 2. The molecule has 0 radical (unpaired) electrons. The maximum absolute atomic E-state index is 11.7. The van der Waals surface area contributed by atoms with Crippen LogP contribution in [0.5, 0.6) is 0 Å². The topological polar surface area (TPSA) is 40.9 Å². The van der Waals surface area contributed by atoms with Crippen LogP contribution in [-0.4, -0.2) is 5.78 Å². The molecule has 0 fully saturated rings. The Morgan fingerprint density at radius 1 is 1.10 bits per heavy atom. The molecule has 0 spiro atoms. The van der Waals surface area contributed by atoms with Crippen LogP contribution >= 0.6 is 11.8 Å². The minimum atomic E-state index is 0.0155. The molecule has 0 unspecified atom stereocenters. The van der Waals surface area contributed by atoms with E-state index in [9.17, 15) is 4.79 Å². The summed E-state index contributed by atoms with van der Waals surface area (Å²) in [4.78, 5) is 13.6. The maximum atomic E-state index is 11.7. The third kappa shape index (κ3) is 3.09. The van der Waals surface area contributed by atoms with Crippen molar-refractivity contribution in [3.8, 4) is 6.07 Å². The Labute approximate surface area is 123 Å². The van der Waals surface area contributed by atoms with Gasteiger partial charge in [0, 0.05) is 15.4 Å². The van der Waals surface area contributed by atoms with Crippen molar-refractivity contribution in [2.45, 2.75) is 30.6 Å². The second kappa shape index (κ2) is 5.94. The van der Waals surface area contributed by atoms with Gasteiger partial charge in [-0.3, -0.25) is 4.79 Å². The fourth-order valence-corrected chi connectivity index (χ4v) is 3.10. The van der Waals surface area contributed by atoms with E-state index in [1.54, 1.807) is 25.1 Å². The van der Waals surface area contributed by atoms with Gasteiger partial charge in [0.2, 0.25) is 0 Å². The summed E-state index contributed by atoms with van der Waals surface area (Å²) >= 11 is 1.54. The fourth-order valence-electron chi connectivity index (χ4n) is 2.00. The van der Waals surface area contributed by atoms with E-state index < -0.39 is 0 Å². The number of hydrogen-bond acceptors (Lipinski definition) is 3. The van der Waals surface area contributed by atoms with Crippen LogP contribution in [0.1, 0.15) is 34.0 Å². The highest BCUT2D eigenvalue weighted by molar-refractivity contribution is 7.99. The Balaban J connectivity index is 2.46. The Hall–Kier alpha value is -2.05. The molecule has 2 nitrogen and oxygen atoms in total. The molecule has 20 heavy (non-hydrogen) atoms. The lowest BCUT2D eigenvalue weighted by molar-refractivity contribution is 0.101. The van der Waals surface area contributed by atoms with Crippen LogP contribution in [0, 0.1) is 25.2 Å². The number of nitrogens with zero attached hydrogens (tertiary/aromatic N) is 1. The van der Waals surface area contributed by atoms with E-state index in [1.807, 2.05) is 0 Å². The van der Waals surface area contributed by atoms with Crippen LogP contribution in [-0.2, 0) is 0 Å². The molecule has 0 heterocycles. The van der Waals surface area contributed by atoms with Gasteiger partial charge in [0.1, 0.15) is 0 Å². The molecule has 0 aliphatic rings. The maximum Gasteiger partial charge on any atom is 0.160 e. The molecule has 0 saturated carbocycles. The van der Waals surface area contributed by atoms with Crippen LogP contribution in [0.3, 0.4) is 0 Å². The monoisotopic (exact) mass is 281 g/mol. The molecular formula is C17H15NOS. The van der Waals surface area contributed by atoms with Gasteiger partial charge in [-0.25, -0.2) is 0 Å². The lowest BCUT2D eigenvalue weighted by Crippen LogP contribution is -1.96. The van der Waals surface area contributed by atoms with Gasteiger partial charge in [0.25, 0.3) is 0 Å². The highest BCUT2D eigenvalue weighted by Gasteiger charge is 2.11. The van der Waals surface area contributed by atoms with Gasteiger partial charge in [-0.05, 0) is 50.6 Å². The van der Waals surface area contributed by atoms with E-state index in [0.717, 1.165) is 9.79 Å². The number of hydrogen-bond donors (Lipinski definition) is 0. The molecule has 2 aromatic rings. The zero-order chi connectivity index (χ0) is 14.7. The van der Waals surface area contributed by atoms with Crippen molar-refractivity contribution < 1.29 is 4.79 Å². The highest BCUT2D eigenvalue weighted by atomic mass is 32.2. The lowest BCUT2D eigenvalue weighted by Gasteiger charge is -2.10. The summed E-state index contributed by atoms with van der Waals surface area (Å²) in [6.07, 6.45) is 0. The minimum absolute atomic E-state index is 0.0155. The van der Waals surface area contributed by atoms with Gasteiger partial charge < -0.3 is 0 Å². The third-order valence-electron chi connectivity index (χ3n) is 3.04. The van der Waals surface area contributed by atoms with Crippen molar-refractivity contribution in [1.29, 1.82) is 5.26 Å². The van der Waals surface area contributed by atoms with Crippen LogP contribution in [0.15, 0.2) is 46.2 Å². The lowest BCUT2D eigenvalue weighted by atomic mass is 10.1. The summed E-state index contributed by atoms with van der Waals surface area (Å²) in [5.41, 5.74) is 3.62. The standard InChI is InChI=1S/C17H15NOS/c1-11-4-7-16(12(2)8-11)20-17-9-14(10-18)5-6-15(17)13(3)19/h4-9H,1-3H3. The number of Topliss-reactive ketones (excluding diaryl/α,β-unsaturated/α-hetero) is 1. The molecule has 0 aliphatic carbocycles. The SMILES string of the molecule is CC(=O)c1ccc(C#N)cc1Sc1ccc(C)cc1C. The molecule has 0 aromatic heterocycles. The predicted octanol–water partition coefficient (Wildman–Crippen LogP) is 4.53. The number of rotatable bonds is 3. The third-order valence-corrected chi connectivity index (χ3v) is 4.28. The van der Waals surface area contributed by atoms with Crippen molar-refractivity contribution in [2.24, 2.45) is 0 Å². The molecule has 0 saturated heterocycles. The van der Waals surface area contributed by atoms with Crippen molar-refractivity contribution in [1.82, 2.24) is 0 Å². The van der Waals surface area contributed by atoms with Gasteiger partial charge in [-0.2, -0.15) is 5.26 Å². The van der Waals surface area contributed by atoms with Crippen LogP contribution in [0.4, 0.5) is 0 Å². The van der Waals surface area contributed by atoms with E-state index in [1.165, 1.54) is 22.9 Å².